The molecule has 0 aromatic carbocycles. The average Bonchev–Trinajstić information content (AvgIpc) is 2.44. The first-order valence-electron chi connectivity index (χ1n) is 8.07. The number of esters is 1. The lowest BCUT2D eigenvalue weighted by molar-refractivity contribution is -0.151. The van der Waals surface area contributed by atoms with E-state index in [9.17, 15) is 4.79 Å². The van der Waals surface area contributed by atoms with Crippen LogP contribution in [0.15, 0.2) is 0 Å². The van der Waals surface area contributed by atoms with E-state index in [2.05, 4.69) is 38.0 Å². The molecule has 0 aliphatic rings. The normalized spacial score (nSPS) is 14.6. The van der Waals surface area contributed by atoms with Crippen molar-refractivity contribution >= 4 is 5.97 Å². The number of hydrogen-bond donors (Lipinski definition) is 1. The van der Waals surface area contributed by atoms with Gasteiger partial charge < -0.3 is 15.0 Å². The summed E-state index contributed by atoms with van der Waals surface area (Å²) in [6.45, 7) is 12.5. The van der Waals surface area contributed by atoms with Gasteiger partial charge in [0.1, 0.15) is 5.54 Å². The Hall–Kier alpha value is -0.610. The van der Waals surface area contributed by atoms with Crippen LogP contribution in [0, 0.1) is 0 Å². The number of rotatable bonds is 11. The number of nitrogens with one attached hydrogen (secondary N) is 1. The lowest BCUT2D eigenvalue weighted by atomic mass is 9.96. The standard InChI is InChI=1S/C16H34N2O2/c1-7-12-17-16(5,15(19)20-10-4)11-13-18(6)14(8-2)9-3/h14,17H,7-13H2,1-6H3. The van der Waals surface area contributed by atoms with E-state index in [0.29, 0.717) is 12.6 Å². The highest BCUT2D eigenvalue weighted by Gasteiger charge is 2.34. The van der Waals surface area contributed by atoms with Crippen molar-refractivity contribution in [1.29, 1.82) is 0 Å². The molecule has 1 N–H and O–H groups in total. The zero-order valence-electron chi connectivity index (χ0n) is 14.3. The van der Waals surface area contributed by atoms with Gasteiger partial charge in [-0.2, -0.15) is 0 Å². The Morgan fingerprint density at radius 2 is 1.85 bits per heavy atom. The van der Waals surface area contributed by atoms with Crippen LogP contribution < -0.4 is 5.32 Å². The lowest BCUT2D eigenvalue weighted by Gasteiger charge is -2.33. The van der Waals surface area contributed by atoms with Crippen molar-refractivity contribution in [3.8, 4) is 0 Å². The second-order valence-electron chi connectivity index (χ2n) is 5.68. The first-order valence-corrected chi connectivity index (χ1v) is 8.07. The van der Waals surface area contributed by atoms with Crippen molar-refractivity contribution in [2.75, 3.05) is 26.7 Å². The zero-order chi connectivity index (χ0) is 15.6. The van der Waals surface area contributed by atoms with E-state index in [-0.39, 0.29) is 5.97 Å². The smallest absolute Gasteiger partial charge is 0.326 e. The molecule has 4 heteroatoms. The minimum Gasteiger partial charge on any atom is -0.465 e. The molecule has 0 aromatic rings. The fourth-order valence-corrected chi connectivity index (χ4v) is 2.45. The van der Waals surface area contributed by atoms with Crippen molar-refractivity contribution in [3.05, 3.63) is 0 Å². The van der Waals surface area contributed by atoms with Crippen LogP contribution in [-0.4, -0.2) is 49.2 Å². The molecule has 120 valence electrons. The van der Waals surface area contributed by atoms with Gasteiger partial charge in [-0.3, -0.25) is 4.79 Å². The zero-order valence-corrected chi connectivity index (χ0v) is 14.3. The molecule has 0 aromatic heterocycles. The minimum atomic E-state index is -0.577. The maximum absolute atomic E-state index is 12.2. The molecule has 4 nitrogen and oxygen atoms in total. The summed E-state index contributed by atoms with van der Waals surface area (Å²) in [4.78, 5) is 14.5. The molecule has 0 aliphatic carbocycles. The summed E-state index contributed by atoms with van der Waals surface area (Å²) in [6, 6.07) is 0.590. The molecule has 0 rings (SSSR count). The number of carbonyl (C=O) groups is 1. The Balaban J connectivity index is 4.60. The highest BCUT2D eigenvalue weighted by atomic mass is 16.5. The second kappa shape index (κ2) is 10.2. The Morgan fingerprint density at radius 1 is 1.25 bits per heavy atom. The molecule has 0 fully saturated rings. The molecule has 0 radical (unpaired) electrons. The molecule has 0 bridgehead atoms. The summed E-state index contributed by atoms with van der Waals surface area (Å²) < 4.78 is 5.23. The van der Waals surface area contributed by atoms with Crippen LogP contribution >= 0.6 is 0 Å². The van der Waals surface area contributed by atoms with Gasteiger partial charge in [0.05, 0.1) is 6.61 Å². The predicted molar refractivity (Wildman–Crippen MR) is 84.9 cm³/mol. The maximum Gasteiger partial charge on any atom is 0.326 e. The average molecular weight is 286 g/mol. The number of hydrogen-bond acceptors (Lipinski definition) is 4. The van der Waals surface area contributed by atoms with E-state index >= 15 is 0 Å². The monoisotopic (exact) mass is 286 g/mol. The third-order valence-electron chi connectivity index (χ3n) is 4.02. The quantitative estimate of drug-likeness (QED) is 0.593. The van der Waals surface area contributed by atoms with Gasteiger partial charge >= 0.3 is 5.97 Å². The van der Waals surface area contributed by atoms with E-state index in [1.165, 1.54) is 0 Å². The van der Waals surface area contributed by atoms with Crippen LogP contribution in [0.25, 0.3) is 0 Å². The first-order chi connectivity index (χ1) is 9.45. The van der Waals surface area contributed by atoms with Crippen LogP contribution in [0.3, 0.4) is 0 Å². The maximum atomic E-state index is 12.2. The highest BCUT2D eigenvalue weighted by Crippen LogP contribution is 2.15. The highest BCUT2D eigenvalue weighted by molar-refractivity contribution is 5.80. The molecule has 1 unspecified atom stereocenters. The van der Waals surface area contributed by atoms with Crippen LogP contribution in [0.2, 0.25) is 0 Å². The van der Waals surface area contributed by atoms with Gasteiger partial charge in [-0.25, -0.2) is 0 Å². The number of carbonyl (C=O) groups excluding carboxylic acids is 1. The SMILES string of the molecule is CCCNC(C)(CCN(C)C(CC)CC)C(=O)OCC. The fraction of sp³-hybridized carbons (Fsp3) is 0.938. The van der Waals surface area contributed by atoms with E-state index in [0.717, 1.165) is 38.8 Å². The van der Waals surface area contributed by atoms with Gasteiger partial charge in [0.25, 0.3) is 0 Å². The van der Waals surface area contributed by atoms with Gasteiger partial charge in [0.2, 0.25) is 0 Å². The summed E-state index contributed by atoms with van der Waals surface area (Å²) in [5.41, 5.74) is -0.577. The van der Waals surface area contributed by atoms with Crippen molar-refractivity contribution in [2.24, 2.45) is 0 Å². The summed E-state index contributed by atoms with van der Waals surface area (Å²) in [6.07, 6.45) is 4.08. The van der Waals surface area contributed by atoms with Gasteiger partial charge in [0, 0.05) is 12.6 Å². The molecule has 0 spiro atoms. The molecule has 0 aliphatic heterocycles. The van der Waals surface area contributed by atoms with Gasteiger partial charge in [-0.05, 0) is 53.1 Å². The van der Waals surface area contributed by atoms with E-state index in [1.807, 2.05) is 13.8 Å². The minimum absolute atomic E-state index is 0.133. The predicted octanol–water partition coefficient (Wildman–Crippen LogP) is 2.82. The Labute approximate surface area is 125 Å². The lowest BCUT2D eigenvalue weighted by Crippen LogP contribution is -2.52. The third-order valence-corrected chi connectivity index (χ3v) is 4.02. The van der Waals surface area contributed by atoms with Crippen LogP contribution in [0.4, 0.5) is 0 Å². The second-order valence-corrected chi connectivity index (χ2v) is 5.68. The molecule has 0 heterocycles. The van der Waals surface area contributed by atoms with Gasteiger partial charge in [-0.1, -0.05) is 20.8 Å². The molecule has 0 saturated heterocycles. The molecular formula is C16H34N2O2. The van der Waals surface area contributed by atoms with Gasteiger partial charge in [0.15, 0.2) is 0 Å². The first kappa shape index (κ1) is 19.4. The number of nitrogens with zero attached hydrogens (tertiary/aromatic N) is 1. The van der Waals surface area contributed by atoms with E-state index in [4.69, 9.17) is 4.74 Å². The Morgan fingerprint density at radius 3 is 2.30 bits per heavy atom. The molecule has 0 amide bonds. The summed E-state index contributed by atoms with van der Waals surface area (Å²) in [7, 11) is 2.14. The van der Waals surface area contributed by atoms with E-state index < -0.39 is 5.54 Å². The van der Waals surface area contributed by atoms with Crippen molar-refractivity contribution in [3.63, 3.8) is 0 Å². The van der Waals surface area contributed by atoms with Crippen molar-refractivity contribution < 1.29 is 9.53 Å². The Kier molecular flexibility index (Phi) is 9.86. The van der Waals surface area contributed by atoms with Crippen molar-refractivity contribution in [1.82, 2.24) is 10.2 Å². The molecule has 1 atom stereocenters. The van der Waals surface area contributed by atoms with Crippen LogP contribution in [0.1, 0.15) is 60.3 Å². The summed E-state index contributed by atoms with van der Waals surface area (Å²) in [5, 5.41) is 3.36. The van der Waals surface area contributed by atoms with Crippen LogP contribution in [-0.2, 0) is 9.53 Å². The van der Waals surface area contributed by atoms with E-state index in [1.54, 1.807) is 0 Å². The summed E-state index contributed by atoms with van der Waals surface area (Å²) in [5.74, 6) is -0.133. The summed E-state index contributed by atoms with van der Waals surface area (Å²) >= 11 is 0. The third kappa shape index (κ3) is 6.23. The number of ether oxygens (including phenoxy) is 1. The Bertz CT molecular complexity index is 267. The topological polar surface area (TPSA) is 41.6 Å². The largest absolute Gasteiger partial charge is 0.465 e. The van der Waals surface area contributed by atoms with Crippen LogP contribution in [0.5, 0.6) is 0 Å². The molecular weight excluding hydrogens is 252 g/mol. The van der Waals surface area contributed by atoms with Crippen molar-refractivity contribution in [2.45, 2.75) is 71.9 Å². The molecule has 20 heavy (non-hydrogen) atoms. The van der Waals surface area contributed by atoms with Gasteiger partial charge in [-0.15, -0.1) is 0 Å². The molecule has 0 saturated carbocycles. The fourth-order valence-electron chi connectivity index (χ4n) is 2.45.